The number of hydrogen-bond acceptors (Lipinski definition) is 3. The zero-order valence-corrected chi connectivity index (χ0v) is 25.1. The molecule has 3 nitrogen and oxygen atoms in total. The van der Waals surface area contributed by atoms with Gasteiger partial charge in [-0.3, -0.25) is 0 Å². The lowest BCUT2D eigenvalue weighted by molar-refractivity contribution is -0.115. The average molecular weight is 495 g/mol. The molecule has 0 aliphatic carbocycles. The molecule has 0 aliphatic rings. The normalized spacial score (nSPS) is 13.7. The number of rotatable bonds is 5. The van der Waals surface area contributed by atoms with Crippen LogP contribution in [-0.4, -0.2) is 16.5 Å². The molecule has 0 spiro atoms. The van der Waals surface area contributed by atoms with Crippen LogP contribution in [0.4, 0.5) is 0 Å². The zero-order chi connectivity index (χ0) is 28.1. The maximum absolute atomic E-state index is 12.6. The van der Waals surface area contributed by atoms with E-state index in [1.165, 1.54) is 0 Å². The van der Waals surface area contributed by atoms with Crippen molar-refractivity contribution in [2.45, 2.75) is 125 Å². The molecule has 2 N–H and O–H groups in total. The predicted octanol–water partition coefficient (Wildman–Crippen LogP) is 8.28. The van der Waals surface area contributed by atoms with E-state index in [4.69, 9.17) is 0 Å². The van der Waals surface area contributed by atoms with Gasteiger partial charge in [0.25, 0.3) is 0 Å². The standard InChI is InChI=1S/C33H50O3/c1-29(2,3)23-14-21(15-24(27(23)35)30(4,5)6)18-33(13,20-34)19-22-16-25(31(7,8)9)28(36)26(17-22)32(10,11)12/h14-17,20,35-36H,18-19H2,1-13H3. The summed E-state index contributed by atoms with van der Waals surface area (Å²) in [5.74, 6) is 0.712. The predicted molar refractivity (Wildman–Crippen MR) is 153 cm³/mol. The molecule has 2 aromatic carbocycles. The van der Waals surface area contributed by atoms with Crippen molar-refractivity contribution < 1.29 is 15.0 Å². The Morgan fingerprint density at radius 1 is 0.528 bits per heavy atom. The molecule has 2 rings (SSSR count). The molecule has 0 atom stereocenters. The van der Waals surface area contributed by atoms with Gasteiger partial charge in [-0.25, -0.2) is 0 Å². The van der Waals surface area contributed by atoms with Gasteiger partial charge in [0, 0.05) is 5.41 Å². The summed E-state index contributed by atoms with van der Waals surface area (Å²) in [5.41, 5.74) is 4.22. The summed E-state index contributed by atoms with van der Waals surface area (Å²) in [6, 6.07) is 8.29. The van der Waals surface area contributed by atoms with E-state index in [0.29, 0.717) is 24.3 Å². The highest BCUT2D eigenvalue weighted by Gasteiger charge is 2.32. The van der Waals surface area contributed by atoms with Gasteiger partial charge < -0.3 is 15.0 Å². The second-order valence-corrected chi connectivity index (χ2v) is 15.2. The van der Waals surface area contributed by atoms with Crippen LogP contribution in [0.2, 0.25) is 0 Å². The Morgan fingerprint density at radius 2 is 0.750 bits per heavy atom. The van der Waals surface area contributed by atoms with Gasteiger partial charge in [-0.1, -0.05) is 114 Å². The van der Waals surface area contributed by atoms with Gasteiger partial charge in [-0.2, -0.15) is 0 Å². The van der Waals surface area contributed by atoms with Crippen molar-refractivity contribution in [1.82, 2.24) is 0 Å². The highest BCUT2D eigenvalue weighted by atomic mass is 16.3. The molecular weight excluding hydrogens is 444 g/mol. The van der Waals surface area contributed by atoms with Crippen molar-refractivity contribution in [3.05, 3.63) is 57.6 Å². The topological polar surface area (TPSA) is 57.5 Å². The summed E-state index contributed by atoms with van der Waals surface area (Å²) in [6.07, 6.45) is 2.22. The van der Waals surface area contributed by atoms with Gasteiger partial charge in [-0.05, 0) is 67.9 Å². The first-order valence-electron chi connectivity index (χ1n) is 13.2. The number of benzene rings is 2. The van der Waals surface area contributed by atoms with Crippen molar-refractivity contribution in [2.75, 3.05) is 0 Å². The molecule has 0 amide bonds. The van der Waals surface area contributed by atoms with Crippen molar-refractivity contribution in [3.63, 3.8) is 0 Å². The van der Waals surface area contributed by atoms with E-state index in [0.717, 1.165) is 39.7 Å². The van der Waals surface area contributed by atoms with Crippen LogP contribution in [-0.2, 0) is 39.3 Å². The quantitative estimate of drug-likeness (QED) is 0.411. The van der Waals surface area contributed by atoms with Crippen LogP contribution in [0.15, 0.2) is 24.3 Å². The second kappa shape index (κ2) is 9.54. The van der Waals surface area contributed by atoms with Crippen LogP contribution in [0.3, 0.4) is 0 Å². The SMILES string of the molecule is CC(C=O)(Cc1cc(C(C)(C)C)c(O)c(C(C)(C)C)c1)Cc1cc(C(C)(C)C)c(O)c(C(C)(C)C)c1. The average Bonchev–Trinajstić information content (AvgIpc) is 2.67. The third-order valence-electron chi connectivity index (χ3n) is 7.07. The van der Waals surface area contributed by atoms with Crippen LogP contribution in [0.1, 0.15) is 123 Å². The van der Waals surface area contributed by atoms with Crippen LogP contribution in [0.5, 0.6) is 11.5 Å². The van der Waals surface area contributed by atoms with E-state index in [1.54, 1.807) is 0 Å². The summed E-state index contributed by atoms with van der Waals surface area (Å²) >= 11 is 0. The van der Waals surface area contributed by atoms with Gasteiger partial charge in [0.1, 0.15) is 17.8 Å². The third-order valence-corrected chi connectivity index (χ3v) is 7.07. The fraction of sp³-hybridized carbons (Fsp3) is 0.606. The minimum atomic E-state index is -0.636. The fourth-order valence-electron chi connectivity index (χ4n) is 4.96. The first-order chi connectivity index (χ1) is 16.0. The lowest BCUT2D eigenvalue weighted by Crippen LogP contribution is -2.27. The van der Waals surface area contributed by atoms with E-state index in [2.05, 4.69) is 107 Å². The minimum Gasteiger partial charge on any atom is -0.507 e. The number of aromatic hydroxyl groups is 2. The molecule has 0 radical (unpaired) electrons. The van der Waals surface area contributed by atoms with E-state index in [9.17, 15) is 15.0 Å². The first-order valence-corrected chi connectivity index (χ1v) is 13.2. The van der Waals surface area contributed by atoms with Crippen LogP contribution >= 0.6 is 0 Å². The number of hydrogen-bond donors (Lipinski definition) is 2. The number of phenols is 2. The van der Waals surface area contributed by atoms with Crippen LogP contribution in [0, 0.1) is 5.41 Å². The van der Waals surface area contributed by atoms with Crippen molar-refractivity contribution in [1.29, 1.82) is 0 Å². The van der Waals surface area contributed by atoms with Gasteiger partial charge in [0.2, 0.25) is 0 Å². The highest BCUT2D eigenvalue weighted by molar-refractivity contribution is 5.62. The number of phenolic OH excluding ortho intramolecular Hbond substituents is 2. The molecular formula is C33H50O3. The maximum atomic E-state index is 12.6. The summed E-state index contributed by atoms with van der Waals surface area (Å²) in [4.78, 5) is 12.6. The number of carbonyl (C=O) groups excluding carboxylic acids is 1. The molecule has 0 aliphatic heterocycles. The molecule has 0 fully saturated rings. The second-order valence-electron chi connectivity index (χ2n) is 15.2. The molecule has 0 unspecified atom stereocenters. The Bertz CT molecular complexity index is 956. The molecule has 36 heavy (non-hydrogen) atoms. The molecule has 0 saturated carbocycles. The van der Waals surface area contributed by atoms with Gasteiger partial charge >= 0.3 is 0 Å². The molecule has 0 heterocycles. The van der Waals surface area contributed by atoms with Crippen molar-refractivity contribution in [3.8, 4) is 11.5 Å². The smallest absolute Gasteiger partial charge is 0.126 e. The monoisotopic (exact) mass is 494 g/mol. The molecule has 0 bridgehead atoms. The van der Waals surface area contributed by atoms with E-state index in [1.807, 2.05) is 6.92 Å². The van der Waals surface area contributed by atoms with E-state index < -0.39 is 5.41 Å². The Balaban J connectivity index is 2.64. The van der Waals surface area contributed by atoms with Crippen LogP contribution < -0.4 is 0 Å². The van der Waals surface area contributed by atoms with Crippen LogP contribution in [0.25, 0.3) is 0 Å². The first kappa shape index (κ1) is 29.9. The van der Waals surface area contributed by atoms with Crippen molar-refractivity contribution in [2.24, 2.45) is 5.41 Å². The van der Waals surface area contributed by atoms with E-state index in [-0.39, 0.29) is 21.7 Å². The Morgan fingerprint density at radius 3 is 0.917 bits per heavy atom. The summed E-state index contributed by atoms with van der Waals surface area (Å²) in [7, 11) is 0. The lowest BCUT2D eigenvalue weighted by Gasteiger charge is -2.31. The highest BCUT2D eigenvalue weighted by Crippen LogP contribution is 2.43. The minimum absolute atomic E-state index is 0.224. The van der Waals surface area contributed by atoms with Gasteiger partial charge in [-0.15, -0.1) is 0 Å². The Labute approximate surface area is 220 Å². The lowest BCUT2D eigenvalue weighted by atomic mass is 9.73. The van der Waals surface area contributed by atoms with Gasteiger partial charge in [0.05, 0.1) is 0 Å². The number of aldehydes is 1. The fourth-order valence-corrected chi connectivity index (χ4v) is 4.96. The number of carbonyl (C=O) groups is 1. The Kier molecular flexibility index (Phi) is 7.94. The molecule has 0 saturated heterocycles. The molecule has 0 aromatic heterocycles. The largest absolute Gasteiger partial charge is 0.507 e. The van der Waals surface area contributed by atoms with Gasteiger partial charge in [0.15, 0.2) is 0 Å². The zero-order valence-electron chi connectivity index (χ0n) is 25.1. The maximum Gasteiger partial charge on any atom is 0.126 e. The van der Waals surface area contributed by atoms with E-state index >= 15 is 0 Å². The molecule has 3 heteroatoms. The van der Waals surface area contributed by atoms with Crippen molar-refractivity contribution >= 4 is 6.29 Å². The molecule has 2 aromatic rings. The third kappa shape index (κ3) is 6.72. The molecule has 200 valence electrons. The Hall–Kier alpha value is -2.29. The summed E-state index contributed by atoms with van der Waals surface area (Å²) in [6.45, 7) is 27.3. The summed E-state index contributed by atoms with van der Waals surface area (Å²) in [5, 5.41) is 22.2. The summed E-state index contributed by atoms with van der Waals surface area (Å²) < 4.78 is 0.